The monoisotopic (exact) mass is 278 g/mol. The maximum atomic E-state index is 11.9. The molecular formula is C14H18N2O4. The van der Waals surface area contributed by atoms with E-state index in [2.05, 4.69) is 5.32 Å². The van der Waals surface area contributed by atoms with Crippen molar-refractivity contribution in [1.29, 1.82) is 0 Å². The average Bonchev–Trinajstić information content (AvgIpc) is 2.86. The number of carbonyl (C=O) groups excluding carboxylic acids is 1. The first-order chi connectivity index (χ1) is 9.56. The first-order valence-corrected chi connectivity index (χ1v) is 6.56. The van der Waals surface area contributed by atoms with Gasteiger partial charge in [0.2, 0.25) is 0 Å². The van der Waals surface area contributed by atoms with Crippen LogP contribution in [-0.4, -0.2) is 52.3 Å². The van der Waals surface area contributed by atoms with Crippen LogP contribution in [0.5, 0.6) is 0 Å². The van der Waals surface area contributed by atoms with Gasteiger partial charge in [0.05, 0.1) is 6.10 Å². The molecule has 1 aromatic carbocycles. The van der Waals surface area contributed by atoms with Crippen LogP contribution in [0.1, 0.15) is 12.0 Å². The number of amides is 2. The molecule has 6 nitrogen and oxygen atoms in total. The summed E-state index contributed by atoms with van der Waals surface area (Å²) in [6.45, 7) is 0.703. The molecular weight excluding hydrogens is 260 g/mol. The van der Waals surface area contributed by atoms with Crippen molar-refractivity contribution in [2.24, 2.45) is 0 Å². The summed E-state index contributed by atoms with van der Waals surface area (Å²) in [7, 11) is 0. The highest BCUT2D eigenvalue weighted by Gasteiger charge is 2.28. The number of benzene rings is 1. The molecule has 2 rings (SSSR count). The molecule has 1 heterocycles. The predicted octanol–water partition coefficient (Wildman–Crippen LogP) is 0.459. The lowest BCUT2D eigenvalue weighted by Gasteiger charge is -2.20. The average molecular weight is 278 g/mol. The number of hydrogen-bond donors (Lipinski definition) is 3. The van der Waals surface area contributed by atoms with Gasteiger partial charge in [0.1, 0.15) is 6.04 Å². The summed E-state index contributed by atoms with van der Waals surface area (Å²) in [5.74, 6) is -1.07. The molecule has 3 N–H and O–H groups in total. The summed E-state index contributed by atoms with van der Waals surface area (Å²) in [5.41, 5.74) is 0.849. The van der Waals surface area contributed by atoms with Crippen LogP contribution in [0.15, 0.2) is 30.3 Å². The van der Waals surface area contributed by atoms with E-state index in [4.69, 9.17) is 0 Å². The fourth-order valence-electron chi connectivity index (χ4n) is 2.22. The van der Waals surface area contributed by atoms with E-state index in [1.54, 1.807) is 0 Å². The number of nitrogens with zero attached hydrogens (tertiary/aromatic N) is 1. The minimum Gasteiger partial charge on any atom is -0.480 e. The standard InChI is InChI=1S/C14H18N2O4/c17-11-6-7-16(9-11)14(20)15-12(13(18)19)8-10-4-2-1-3-5-10/h1-5,11-12,17H,6-9H2,(H,15,20)(H,18,19). The van der Waals surface area contributed by atoms with Gasteiger partial charge in [0, 0.05) is 19.5 Å². The zero-order valence-corrected chi connectivity index (χ0v) is 11.0. The lowest BCUT2D eigenvalue weighted by atomic mass is 10.1. The second-order valence-corrected chi connectivity index (χ2v) is 4.92. The maximum Gasteiger partial charge on any atom is 0.326 e. The summed E-state index contributed by atoms with van der Waals surface area (Å²) in [6.07, 6.45) is 0.250. The van der Waals surface area contributed by atoms with Crippen molar-refractivity contribution < 1.29 is 19.8 Å². The number of likely N-dealkylation sites (tertiary alicyclic amines) is 1. The number of aliphatic hydroxyl groups is 1. The van der Waals surface area contributed by atoms with Crippen molar-refractivity contribution in [3.8, 4) is 0 Å². The summed E-state index contributed by atoms with van der Waals surface area (Å²) < 4.78 is 0. The third kappa shape index (κ3) is 3.71. The molecule has 0 saturated carbocycles. The van der Waals surface area contributed by atoms with Crippen LogP contribution in [0, 0.1) is 0 Å². The SMILES string of the molecule is O=C(O)C(Cc1ccccc1)NC(=O)N1CCC(O)C1. The molecule has 108 valence electrons. The van der Waals surface area contributed by atoms with Crippen molar-refractivity contribution >= 4 is 12.0 Å². The van der Waals surface area contributed by atoms with Crippen molar-refractivity contribution in [2.75, 3.05) is 13.1 Å². The topological polar surface area (TPSA) is 89.9 Å². The van der Waals surface area contributed by atoms with Gasteiger partial charge in [0.15, 0.2) is 0 Å². The second-order valence-electron chi connectivity index (χ2n) is 4.92. The van der Waals surface area contributed by atoms with Crippen LogP contribution in [0.25, 0.3) is 0 Å². The number of urea groups is 1. The third-order valence-corrected chi connectivity index (χ3v) is 3.33. The van der Waals surface area contributed by atoms with E-state index in [0.717, 1.165) is 5.56 Å². The summed E-state index contributed by atoms with van der Waals surface area (Å²) in [4.78, 5) is 24.6. The Bertz CT molecular complexity index is 477. The summed E-state index contributed by atoms with van der Waals surface area (Å²) in [5, 5.41) is 21.1. The molecule has 0 aromatic heterocycles. The number of nitrogens with one attached hydrogen (secondary N) is 1. The van der Waals surface area contributed by atoms with E-state index >= 15 is 0 Å². The van der Waals surface area contributed by atoms with Gasteiger partial charge in [-0.2, -0.15) is 0 Å². The molecule has 0 bridgehead atoms. The number of β-amino-alcohol motifs (C(OH)–C–C–N with tert-alkyl or cyclic N) is 1. The zero-order chi connectivity index (χ0) is 14.5. The first-order valence-electron chi connectivity index (χ1n) is 6.56. The van der Waals surface area contributed by atoms with E-state index < -0.39 is 24.1 Å². The third-order valence-electron chi connectivity index (χ3n) is 3.33. The van der Waals surface area contributed by atoms with Crippen LogP contribution in [0.3, 0.4) is 0 Å². The molecule has 6 heteroatoms. The lowest BCUT2D eigenvalue weighted by Crippen LogP contribution is -2.48. The van der Waals surface area contributed by atoms with Gasteiger partial charge >= 0.3 is 12.0 Å². The molecule has 2 unspecified atom stereocenters. The summed E-state index contributed by atoms with van der Waals surface area (Å²) >= 11 is 0. The van der Waals surface area contributed by atoms with E-state index in [0.29, 0.717) is 13.0 Å². The van der Waals surface area contributed by atoms with Gasteiger partial charge in [-0.1, -0.05) is 30.3 Å². The molecule has 0 aliphatic carbocycles. The molecule has 0 spiro atoms. The van der Waals surface area contributed by atoms with Gasteiger partial charge < -0.3 is 20.4 Å². The number of aliphatic carboxylic acids is 1. The van der Waals surface area contributed by atoms with Crippen LogP contribution in [0.2, 0.25) is 0 Å². The molecule has 1 saturated heterocycles. The number of rotatable bonds is 4. The van der Waals surface area contributed by atoms with E-state index in [1.165, 1.54) is 4.90 Å². The Hall–Kier alpha value is -2.08. The highest BCUT2D eigenvalue weighted by atomic mass is 16.4. The van der Waals surface area contributed by atoms with Crippen LogP contribution < -0.4 is 5.32 Å². The van der Waals surface area contributed by atoms with E-state index in [1.807, 2.05) is 30.3 Å². The molecule has 1 aliphatic heterocycles. The maximum absolute atomic E-state index is 11.9. The quantitative estimate of drug-likeness (QED) is 0.746. The highest BCUT2D eigenvalue weighted by molar-refractivity contribution is 5.83. The molecule has 2 amide bonds. The fourth-order valence-corrected chi connectivity index (χ4v) is 2.22. The number of carbonyl (C=O) groups is 2. The molecule has 0 radical (unpaired) electrons. The Morgan fingerprint density at radius 1 is 1.35 bits per heavy atom. The Morgan fingerprint density at radius 2 is 2.05 bits per heavy atom. The van der Waals surface area contributed by atoms with Crippen molar-refractivity contribution in [2.45, 2.75) is 25.0 Å². The summed E-state index contributed by atoms with van der Waals surface area (Å²) in [6, 6.07) is 7.74. The fraction of sp³-hybridized carbons (Fsp3) is 0.429. The highest BCUT2D eigenvalue weighted by Crippen LogP contribution is 2.10. The normalized spacial score (nSPS) is 19.6. The minimum absolute atomic E-state index is 0.234. The van der Waals surface area contributed by atoms with E-state index in [9.17, 15) is 19.8 Å². The van der Waals surface area contributed by atoms with Crippen LogP contribution in [0.4, 0.5) is 4.79 Å². The number of hydrogen-bond acceptors (Lipinski definition) is 3. The molecule has 20 heavy (non-hydrogen) atoms. The number of carboxylic acid groups (broad SMARTS) is 1. The van der Waals surface area contributed by atoms with Crippen LogP contribution in [-0.2, 0) is 11.2 Å². The lowest BCUT2D eigenvalue weighted by molar-refractivity contribution is -0.139. The Balaban J connectivity index is 1.96. The second kappa shape index (κ2) is 6.38. The Morgan fingerprint density at radius 3 is 2.60 bits per heavy atom. The zero-order valence-electron chi connectivity index (χ0n) is 11.0. The van der Waals surface area contributed by atoms with Crippen LogP contribution >= 0.6 is 0 Å². The molecule has 1 aromatic rings. The smallest absolute Gasteiger partial charge is 0.326 e. The first kappa shape index (κ1) is 14.3. The van der Waals surface area contributed by atoms with Crippen molar-refractivity contribution in [3.63, 3.8) is 0 Å². The minimum atomic E-state index is -1.07. The predicted molar refractivity (Wildman–Crippen MR) is 72.3 cm³/mol. The largest absolute Gasteiger partial charge is 0.480 e. The van der Waals surface area contributed by atoms with E-state index in [-0.39, 0.29) is 13.0 Å². The molecule has 2 atom stereocenters. The van der Waals surface area contributed by atoms with Gasteiger partial charge in [-0.25, -0.2) is 9.59 Å². The molecule has 1 fully saturated rings. The van der Waals surface area contributed by atoms with Gasteiger partial charge in [0.25, 0.3) is 0 Å². The number of aliphatic hydroxyl groups excluding tert-OH is 1. The van der Waals surface area contributed by atoms with Crippen molar-refractivity contribution in [1.82, 2.24) is 10.2 Å². The Labute approximate surface area is 117 Å². The Kier molecular flexibility index (Phi) is 4.57. The number of carboxylic acids is 1. The van der Waals surface area contributed by atoms with Crippen molar-refractivity contribution in [3.05, 3.63) is 35.9 Å². The molecule has 1 aliphatic rings. The van der Waals surface area contributed by atoms with Gasteiger partial charge in [-0.3, -0.25) is 0 Å². The van der Waals surface area contributed by atoms with Gasteiger partial charge in [-0.15, -0.1) is 0 Å². The van der Waals surface area contributed by atoms with Gasteiger partial charge in [-0.05, 0) is 12.0 Å².